The highest BCUT2D eigenvalue weighted by atomic mass is 35.5. The second-order valence-electron chi connectivity index (χ2n) is 5.96. The van der Waals surface area contributed by atoms with Gasteiger partial charge >= 0.3 is 0 Å². The number of anilines is 1. The minimum absolute atomic E-state index is 0.291. The molecule has 0 heterocycles. The zero-order valence-electron chi connectivity index (χ0n) is 13.8. The Hall–Kier alpha value is -1.58. The monoisotopic (exact) mass is 346 g/mol. The summed E-state index contributed by atoms with van der Waals surface area (Å²) in [7, 11) is 0. The molecule has 0 aliphatic rings. The number of halogens is 1. The number of benzene rings is 2. The molecule has 0 saturated heterocycles. The van der Waals surface area contributed by atoms with Gasteiger partial charge in [-0.05, 0) is 68.6 Å². The second kappa shape index (κ2) is 8.32. The van der Waals surface area contributed by atoms with Gasteiger partial charge in [-0.25, -0.2) is 0 Å². The lowest BCUT2D eigenvalue weighted by Crippen LogP contribution is -2.36. The molecular weight excluding hydrogens is 324 g/mol. The van der Waals surface area contributed by atoms with Crippen LogP contribution in [0.4, 0.5) is 5.69 Å². The van der Waals surface area contributed by atoms with Crippen molar-refractivity contribution in [3.63, 3.8) is 0 Å². The predicted octanol–water partition coefficient (Wildman–Crippen LogP) is 5.26. The second-order valence-corrected chi connectivity index (χ2v) is 6.78. The summed E-state index contributed by atoms with van der Waals surface area (Å²) in [6.07, 6.45) is 2.05. The number of hydrogen-bond donors (Lipinski definition) is 2. The van der Waals surface area contributed by atoms with Crippen LogP contribution in [0.25, 0.3) is 0 Å². The predicted molar refractivity (Wildman–Crippen MR) is 105 cm³/mol. The lowest BCUT2D eigenvalue weighted by atomic mass is 10.1. The van der Waals surface area contributed by atoms with Gasteiger partial charge in [0.25, 0.3) is 0 Å². The Morgan fingerprint density at radius 3 is 2.52 bits per heavy atom. The molecule has 0 unspecified atom stereocenters. The first kappa shape index (κ1) is 17.8. The topological polar surface area (TPSA) is 24.1 Å². The van der Waals surface area contributed by atoms with Crippen LogP contribution in [0, 0.1) is 13.8 Å². The molecule has 0 spiro atoms. The first-order valence-electron chi connectivity index (χ1n) is 7.84. The number of rotatable bonds is 5. The van der Waals surface area contributed by atoms with Gasteiger partial charge in [-0.2, -0.15) is 0 Å². The molecule has 0 aliphatic heterocycles. The third-order valence-electron chi connectivity index (χ3n) is 3.76. The van der Waals surface area contributed by atoms with Crippen molar-refractivity contribution in [1.82, 2.24) is 5.32 Å². The van der Waals surface area contributed by atoms with Crippen LogP contribution in [0.3, 0.4) is 0 Å². The van der Waals surface area contributed by atoms with Crippen LogP contribution in [0.15, 0.2) is 42.5 Å². The summed E-state index contributed by atoms with van der Waals surface area (Å²) in [5.41, 5.74) is 4.46. The molecular formula is C19H23ClN2S. The van der Waals surface area contributed by atoms with Crippen LogP contribution in [-0.4, -0.2) is 11.2 Å². The minimum atomic E-state index is 0.291. The molecule has 0 amide bonds. The highest BCUT2D eigenvalue weighted by molar-refractivity contribution is 7.80. The van der Waals surface area contributed by atoms with Gasteiger partial charge in [0.15, 0.2) is 5.11 Å². The Bertz CT molecular complexity index is 647. The smallest absolute Gasteiger partial charge is 0.171 e. The van der Waals surface area contributed by atoms with Gasteiger partial charge in [0.2, 0.25) is 0 Å². The average Bonchev–Trinajstić information content (AvgIpc) is 2.50. The molecule has 2 rings (SSSR count). The molecule has 0 aliphatic carbocycles. The maximum atomic E-state index is 6.31. The van der Waals surface area contributed by atoms with Crippen LogP contribution >= 0.6 is 23.8 Å². The molecule has 0 aromatic heterocycles. The van der Waals surface area contributed by atoms with Crippen molar-refractivity contribution < 1.29 is 0 Å². The summed E-state index contributed by atoms with van der Waals surface area (Å²) < 4.78 is 0. The van der Waals surface area contributed by atoms with Gasteiger partial charge in [-0.1, -0.05) is 48.0 Å². The summed E-state index contributed by atoms with van der Waals surface area (Å²) >= 11 is 11.7. The van der Waals surface area contributed by atoms with E-state index in [2.05, 4.69) is 47.9 Å². The average molecular weight is 347 g/mol. The molecule has 1 atom stereocenters. The van der Waals surface area contributed by atoms with Crippen molar-refractivity contribution in [2.24, 2.45) is 0 Å². The summed E-state index contributed by atoms with van der Waals surface area (Å²) in [6, 6.07) is 14.8. The van der Waals surface area contributed by atoms with E-state index in [1.807, 2.05) is 26.0 Å². The SMILES string of the molecule is Cc1cc(C)c(NC(=S)N[C@H](C)CCc2ccccc2)c(Cl)c1. The van der Waals surface area contributed by atoms with E-state index in [0.717, 1.165) is 29.7 Å². The zero-order chi connectivity index (χ0) is 16.8. The standard InChI is InChI=1S/C19H23ClN2S/c1-13-11-14(2)18(17(20)12-13)22-19(23)21-15(3)9-10-16-7-5-4-6-8-16/h4-8,11-12,15H,9-10H2,1-3H3,(H2,21,22,23)/t15-/m1/s1. The molecule has 0 saturated carbocycles. The van der Waals surface area contributed by atoms with Gasteiger partial charge in [0.05, 0.1) is 10.7 Å². The Labute approximate surface area is 149 Å². The Morgan fingerprint density at radius 2 is 1.87 bits per heavy atom. The molecule has 2 nitrogen and oxygen atoms in total. The van der Waals surface area contributed by atoms with E-state index < -0.39 is 0 Å². The molecule has 0 fully saturated rings. The van der Waals surface area contributed by atoms with Crippen molar-refractivity contribution in [2.75, 3.05) is 5.32 Å². The van der Waals surface area contributed by atoms with Crippen LogP contribution in [0.1, 0.15) is 30.0 Å². The number of nitrogens with one attached hydrogen (secondary N) is 2. The quantitative estimate of drug-likeness (QED) is 0.721. The van der Waals surface area contributed by atoms with Crippen LogP contribution in [0.2, 0.25) is 5.02 Å². The highest BCUT2D eigenvalue weighted by Gasteiger charge is 2.09. The van der Waals surface area contributed by atoms with E-state index in [1.54, 1.807) is 0 Å². The third-order valence-corrected chi connectivity index (χ3v) is 4.27. The van der Waals surface area contributed by atoms with E-state index in [-0.39, 0.29) is 0 Å². The lowest BCUT2D eigenvalue weighted by Gasteiger charge is -2.19. The molecule has 4 heteroatoms. The Morgan fingerprint density at radius 1 is 1.17 bits per heavy atom. The molecule has 2 N–H and O–H groups in total. The first-order valence-corrected chi connectivity index (χ1v) is 8.62. The number of thiocarbonyl (C=S) groups is 1. The molecule has 23 heavy (non-hydrogen) atoms. The summed E-state index contributed by atoms with van der Waals surface area (Å²) in [4.78, 5) is 0. The van der Waals surface area contributed by atoms with Crippen molar-refractivity contribution in [1.29, 1.82) is 0 Å². The zero-order valence-corrected chi connectivity index (χ0v) is 15.4. The van der Waals surface area contributed by atoms with E-state index >= 15 is 0 Å². The van der Waals surface area contributed by atoms with E-state index in [0.29, 0.717) is 16.2 Å². The van der Waals surface area contributed by atoms with E-state index in [4.69, 9.17) is 23.8 Å². The van der Waals surface area contributed by atoms with Gasteiger partial charge in [0, 0.05) is 6.04 Å². The fourth-order valence-corrected chi connectivity index (χ4v) is 3.22. The number of hydrogen-bond acceptors (Lipinski definition) is 1. The van der Waals surface area contributed by atoms with E-state index in [1.165, 1.54) is 5.56 Å². The first-order chi connectivity index (χ1) is 11.0. The largest absolute Gasteiger partial charge is 0.360 e. The van der Waals surface area contributed by atoms with Crippen molar-refractivity contribution in [2.45, 2.75) is 39.7 Å². The molecule has 0 bridgehead atoms. The molecule has 0 radical (unpaired) electrons. The van der Waals surface area contributed by atoms with Gasteiger partial charge in [0.1, 0.15) is 0 Å². The molecule has 122 valence electrons. The summed E-state index contributed by atoms with van der Waals surface area (Å²) in [6.45, 7) is 6.20. The van der Waals surface area contributed by atoms with Crippen molar-refractivity contribution in [3.05, 3.63) is 64.2 Å². The lowest BCUT2D eigenvalue weighted by molar-refractivity contribution is 0.609. The van der Waals surface area contributed by atoms with Crippen LogP contribution < -0.4 is 10.6 Å². The van der Waals surface area contributed by atoms with Crippen molar-refractivity contribution in [3.8, 4) is 0 Å². The van der Waals surface area contributed by atoms with Crippen molar-refractivity contribution >= 4 is 34.6 Å². The Kier molecular flexibility index (Phi) is 6.43. The normalized spacial score (nSPS) is 11.8. The maximum Gasteiger partial charge on any atom is 0.171 e. The molecule has 2 aromatic rings. The maximum absolute atomic E-state index is 6.31. The third kappa shape index (κ3) is 5.52. The van der Waals surface area contributed by atoms with Crippen LogP contribution in [0.5, 0.6) is 0 Å². The highest BCUT2D eigenvalue weighted by Crippen LogP contribution is 2.27. The number of aryl methyl sites for hydroxylation is 3. The van der Waals surface area contributed by atoms with Crippen LogP contribution in [-0.2, 0) is 6.42 Å². The van der Waals surface area contributed by atoms with Gasteiger partial charge in [-0.15, -0.1) is 0 Å². The fraction of sp³-hybridized carbons (Fsp3) is 0.316. The summed E-state index contributed by atoms with van der Waals surface area (Å²) in [5, 5.41) is 7.86. The van der Waals surface area contributed by atoms with E-state index in [9.17, 15) is 0 Å². The summed E-state index contributed by atoms with van der Waals surface area (Å²) in [5.74, 6) is 0. The van der Waals surface area contributed by atoms with Gasteiger partial charge in [-0.3, -0.25) is 0 Å². The fourth-order valence-electron chi connectivity index (χ4n) is 2.55. The van der Waals surface area contributed by atoms with Gasteiger partial charge < -0.3 is 10.6 Å². The Balaban J connectivity index is 1.87. The molecule has 2 aromatic carbocycles. The minimum Gasteiger partial charge on any atom is -0.360 e.